The third-order valence-corrected chi connectivity index (χ3v) is 5.21. The molecule has 0 unspecified atom stereocenters. The lowest BCUT2D eigenvalue weighted by Crippen LogP contribution is -2.17. The van der Waals surface area contributed by atoms with Crippen molar-refractivity contribution in [1.82, 2.24) is 3.82 Å². The molecule has 0 aliphatic carbocycles. The summed E-state index contributed by atoms with van der Waals surface area (Å²) < 4.78 is 155. The summed E-state index contributed by atoms with van der Waals surface area (Å²) in [7, 11) is 0. The molecule has 0 spiro atoms. The molecule has 0 saturated heterocycles. The molecule has 2 rings (SSSR count). The first-order valence-electron chi connectivity index (χ1n) is 7.76. The van der Waals surface area contributed by atoms with Crippen LogP contribution in [0.4, 0.5) is 52.7 Å². The molecule has 0 amide bonds. The lowest BCUT2D eigenvalue weighted by atomic mass is 10.1. The highest BCUT2D eigenvalue weighted by atomic mass is 32.2. The fourth-order valence-corrected chi connectivity index (χ4v) is 3.98. The maximum atomic E-state index is 12.9. The molecule has 2 nitrogen and oxygen atoms in total. The summed E-state index contributed by atoms with van der Waals surface area (Å²) in [4.78, 5) is -1.41. The zero-order chi connectivity index (χ0) is 24.7. The predicted octanol–water partition coefficient (Wildman–Crippen LogP) is 7.65. The summed E-state index contributed by atoms with van der Waals surface area (Å²) in [6.45, 7) is 0. The van der Waals surface area contributed by atoms with Crippen LogP contribution in [-0.2, 0) is 24.7 Å². The van der Waals surface area contributed by atoms with Crippen molar-refractivity contribution in [1.29, 1.82) is 0 Å². The predicted molar refractivity (Wildman–Crippen MR) is 90.6 cm³/mol. The molecule has 0 atom stereocenters. The van der Waals surface area contributed by atoms with Crippen molar-refractivity contribution in [2.45, 2.75) is 34.5 Å². The van der Waals surface area contributed by atoms with Gasteiger partial charge < -0.3 is 0 Å². The Balaban J connectivity index is 2.38. The SMILES string of the molecule is NN(Sc1cc(C(F)(F)F)cc(C(F)(F)F)c1)Sc1cc(C(F)(F)F)cc(C(F)(F)F)c1. The molecule has 2 N–H and O–H groups in total. The number of rotatable bonds is 4. The van der Waals surface area contributed by atoms with Crippen LogP contribution >= 0.6 is 23.9 Å². The molecule has 0 heterocycles. The Morgan fingerprint density at radius 3 is 0.875 bits per heavy atom. The van der Waals surface area contributed by atoms with Crippen molar-refractivity contribution in [2.24, 2.45) is 5.84 Å². The highest BCUT2D eigenvalue weighted by molar-refractivity contribution is 8.11. The van der Waals surface area contributed by atoms with Gasteiger partial charge in [0.2, 0.25) is 0 Å². The average molecular weight is 520 g/mol. The Morgan fingerprint density at radius 2 is 0.688 bits per heavy atom. The molecular formula is C16H8F12N2S2. The van der Waals surface area contributed by atoms with Gasteiger partial charge in [-0.05, 0) is 60.3 Å². The molecule has 0 aliphatic heterocycles. The molecule has 2 aromatic carbocycles. The van der Waals surface area contributed by atoms with E-state index in [4.69, 9.17) is 5.84 Å². The minimum absolute atomic E-state index is 0.0372. The first-order chi connectivity index (χ1) is 14.3. The topological polar surface area (TPSA) is 29.3 Å². The average Bonchev–Trinajstić information content (AvgIpc) is 2.58. The fourth-order valence-electron chi connectivity index (χ4n) is 2.18. The Hall–Kier alpha value is -1.78. The fraction of sp³-hybridized carbons (Fsp3) is 0.250. The molecule has 0 aromatic heterocycles. The summed E-state index contributed by atoms with van der Waals surface area (Å²) in [5, 5.41) is 0. The normalized spacial score (nSPS) is 13.7. The van der Waals surface area contributed by atoms with E-state index in [2.05, 4.69) is 0 Å². The number of alkyl halides is 12. The molecular weight excluding hydrogens is 512 g/mol. The molecule has 16 heteroatoms. The third-order valence-electron chi connectivity index (χ3n) is 3.51. The highest BCUT2D eigenvalue weighted by Gasteiger charge is 2.38. The monoisotopic (exact) mass is 520 g/mol. The first kappa shape index (κ1) is 26.5. The molecule has 2 aromatic rings. The summed E-state index contributed by atoms with van der Waals surface area (Å²) in [5.74, 6) is 5.41. The van der Waals surface area contributed by atoms with Crippen molar-refractivity contribution < 1.29 is 52.7 Å². The zero-order valence-electron chi connectivity index (χ0n) is 14.8. The van der Waals surface area contributed by atoms with Crippen molar-refractivity contribution in [3.8, 4) is 0 Å². The second-order valence-electron chi connectivity index (χ2n) is 5.95. The van der Waals surface area contributed by atoms with Gasteiger partial charge in [0, 0.05) is 9.79 Å². The highest BCUT2D eigenvalue weighted by Crippen LogP contribution is 2.42. The number of hydrazine groups is 1. The van der Waals surface area contributed by atoms with Crippen LogP contribution in [0.2, 0.25) is 0 Å². The van der Waals surface area contributed by atoms with E-state index in [0.717, 1.165) is 0 Å². The van der Waals surface area contributed by atoms with Crippen LogP contribution < -0.4 is 5.84 Å². The van der Waals surface area contributed by atoms with Gasteiger partial charge in [-0.15, -0.1) is 3.82 Å². The molecule has 178 valence electrons. The number of nitrogens with zero attached hydrogens (tertiary/aromatic N) is 1. The van der Waals surface area contributed by atoms with Gasteiger partial charge in [0.15, 0.2) is 0 Å². The van der Waals surface area contributed by atoms with E-state index in [-0.39, 0.29) is 36.0 Å². The van der Waals surface area contributed by atoms with Gasteiger partial charge in [0.1, 0.15) is 0 Å². The number of halogens is 12. The van der Waals surface area contributed by atoms with Crippen molar-refractivity contribution in [3.63, 3.8) is 0 Å². The minimum atomic E-state index is -5.16. The summed E-state index contributed by atoms with van der Waals surface area (Å²) >= 11 is 0.0745. The van der Waals surface area contributed by atoms with Gasteiger partial charge in [0.25, 0.3) is 0 Å². The van der Waals surface area contributed by atoms with E-state index < -0.39 is 56.7 Å². The maximum Gasteiger partial charge on any atom is 0.416 e. The molecule has 0 fully saturated rings. The standard InChI is InChI=1S/C16H8F12N2S2/c17-13(18,19)7-1-8(14(20,21)22)4-11(3-7)31-30(29)32-12-5-9(15(23,24)25)2-10(6-12)16(26,27)28/h1-6H,29H2. The van der Waals surface area contributed by atoms with E-state index in [1.807, 2.05) is 0 Å². The number of nitrogens with two attached hydrogens (primary N) is 1. The van der Waals surface area contributed by atoms with Gasteiger partial charge in [-0.2, -0.15) is 52.7 Å². The number of hydrogen-bond donors (Lipinski definition) is 1. The van der Waals surface area contributed by atoms with Gasteiger partial charge in [-0.25, -0.2) is 5.84 Å². The van der Waals surface area contributed by atoms with Crippen LogP contribution in [-0.4, -0.2) is 3.82 Å². The summed E-state index contributed by atoms with van der Waals surface area (Å²) in [5.41, 5.74) is -6.70. The lowest BCUT2D eigenvalue weighted by molar-refractivity contribution is -0.145. The molecule has 0 aliphatic rings. The quantitative estimate of drug-likeness (QED) is 0.194. The van der Waals surface area contributed by atoms with Crippen molar-refractivity contribution in [3.05, 3.63) is 58.7 Å². The number of benzene rings is 2. The second kappa shape index (κ2) is 8.87. The molecule has 0 saturated carbocycles. The van der Waals surface area contributed by atoms with E-state index in [1.54, 1.807) is 0 Å². The second-order valence-corrected chi connectivity index (χ2v) is 8.28. The van der Waals surface area contributed by atoms with Crippen LogP contribution in [0.15, 0.2) is 46.2 Å². The van der Waals surface area contributed by atoms with Crippen LogP contribution in [0.1, 0.15) is 22.3 Å². The van der Waals surface area contributed by atoms with Gasteiger partial charge in [-0.3, -0.25) is 0 Å². The zero-order valence-corrected chi connectivity index (χ0v) is 16.5. The van der Waals surface area contributed by atoms with Gasteiger partial charge in [0.05, 0.1) is 22.3 Å². The summed E-state index contributed by atoms with van der Waals surface area (Å²) in [6.07, 6.45) is -20.6. The van der Waals surface area contributed by atoms with E-state index in [0.29, 0.717) is 28.1 Å². The number of hydrogen-bond acceptors (Lipinski definition) is 4. The molecule has 0 bridgehead atoms. The van der Waals surface area contributed by atoms with E-state index >= 15 is 0 Å². The first-order valence-corrected chi connectivity index (χ1v) is 9.31. The van der Waals surface area contributed by atoms with E-state index in [9.17, 15) is 52.7 Å². The van der Waals surface area contributed by atoms with Gasteiger partial charge >= 0.3 is 24.7 Å². The van der Waals surface area contributed by atoms with Gasteiger partial charge in [-0.1, -0.05) is 0 Å². The van der Waals surface area contributed by atoms with Crippen LogP contribution in [0.3, 0.4) is 0 Å². The van der Waals surface area contributed by atoms with Crippen LogP contribution in [0, 0.1) is 0 Å². The Labute approximate surface area is 180 Å². The largest absolute Gasteiger partial charge is 0.416 e. The maximum absolute atomic E-state index is 12.9. The Bertz CT molecular complexity index is 821. The Morgan fingerprint density at radius 1 is 0.469 bits per heavy atom. The third kappa shape index (κ3) is 7.11. The minimum Gasteiger partial charge on any atom is -0.248 e. The summed E-state index contributed by atoms with van der Waals surface area (Å²) in [6, 6.07) is 0.892. The molecule has 32 heavy (non-hydrogen) atoms. The molecule has 0 radical (unpaired) electrons. The lowest BCUT2D eigenvalue weighted by Gasteiger charge is -2.19. The van der Waals surface area contributed by atoms with Crippen LogP contribution in [0.25, 0.3) is 0 Å². The Kier molecular flexibility index (Phi) is 7.34. The van der Waals surface area contributed by atoms with Crippen molar-refractivity contribution in [2.75, 3.05) is 0 Å². The van der Waals surface area contributed by atoms with Crippen molar-refractivity contribution >= 4 is 23.9 Å². The van der Waals surface area contributed by atoms with E-state index in [1.165, 1.54) is 0 Å². The smallest absolute Gasteiger partial charge is 0.248 e. The van der Waals surface area contributed by atoms with Crippen LogP contribution in [0.5, 0.6) is 0 Å².